The number of carboxylic acid groups (broad SMARTS) is 1. The smallest absolute Gasteiger partial charge is 0.337 e. The molecule has 0 fully saturated rings. The number of ether oxygens (including phenoxy) is 2. The van der Waals surface area contributed by atoms with Crippen LogP contribution in [-0.4, -0.2) is 43.4 Å². The molecule has 1 amide bonds. The highest BCUT2D eigenvalue weighted by molar-refractivity contribution is 6.04. The van der Waals surface area contributed by atoms with Crippen molar-refractivity contribution in [2.24, 2.45) is 0 Å². The van der Waals surface area contributed by atoms with E-state index in [-0.39, 0.29) is 16.8 Å². The molecule has 0 bridgehead atoms. The van der Waals surface area contributed by atoms with Crippen molar-refractivity contribution in [2.75, 3.05) is 31.7 Å². The number of hydrogen-bond donors (Lipinski definition) is 2. The average Bonchev–Trinajstić information content (AvgIpc) is 2.66. The number of anilines is 1. The zero-order valence-electron chi connectivity index (χ0n) is 15.9. The summed E-state index contributed by atoms with van der Waals surface area (Å²) in [5.41, 5.74) is 0.227. The van der Waals surface area contributed by atoms with Gasteiger partial charge >= 0.3 is 5.97 Å². The molecule has 0 heterocycles. The van der Waals surface area contributed by atoms with E-state index in [9.17, 15) is 9.59 Å². The van der Waals surface area contributed by atoms with Gasteiger partial charge in [0, 0.05) is 19.3 Å². The number of nitrogens with one attached hydrogen (secondary N) is 1. The van der Waals surface area contributed by atoms with Crippen molar-refractivity contribution < 1.29 is 24.2 Å². The van der Waals surface area contributed by atoms with Gasteiger partial charge in [0.15, 0.2) is 0 Å². The van der Waals surface area contributed by atoms with E-state index in [0.29, 0.717) is 13.2 Å². The van der Waals surface area contributed by atoms with E-state index < -0.39 is 11.9 Å². The molecule has 146 valence electrons. The quantitative estimate of drug-likeness (QED) is 0.390. The van der Waals surface area contributed by atoms with Gasteiger partial charge in [0.05, 0.1) is 36.1 Å². The minimum absolute atomic E-state index is 0.129. The van der Waals surface area contributed by atoms with Crippen molar-refractivity contribution in [3.63, 3.8) is 0 Å². The Labute approximate surface area is 159 Å². The topological polar surface area (TPSA) is 109 Å². The second-order valence-electron chi connectivity index (χ2n) is 4.96. The number of carbonyl (C=O) groups is 2. The first kappa shape index (κ1) is 24.1. The summed E-state index contributed by atoms with van der Waals surface area (Å²) in [5.74, 6) is -1.67. The second-order valence-corrected chi connectivity index (χ2v) is 4.96. The van der Waals surface area contributed by atoms with Crippen molar-refractivity contribution in [3.05, 3.63) is 53.6 Å². The number of allylic oxidation sites excluding steroid dienone is 1. The Kier molecular flexibility index (Phi) is 13.6. The van der Waals surface area contributed by atoms with Crippen LogP contribution >= 0.6 is 0 Å². The zero-order chi connectivity index (χ0) is 20.5. The summed E-state index contributed by atoms with van der Waals surface area (Å²) < 4.78 is 10.0. The minimum atomic E-state index is -1.21. The third kappa shape index (κ3) is 11.3. The Balaban J connectivity index is 0.000000821. The van der Waals surface area contributed by atoms with Crippen molar-refractivity contribution >= 4 is 17.6 Å². The highest BCUT2D eigenvalue weighted by Gasteiger charge is 2.12. The van der Waals surface area contributed by atoms with Gasteiger partial charge in [-0.3, -0.25) is 4.79 Å². The largest absolute Gasteiger partial charge is 0.478 e. The molecule has 0 aliphatic heterocycles. The van der Waals surface area contributed by atoms with Crippen molar-refractivity contribution in [1.29, 1.82) is 5.26 Å². The van der Waals surface area contributed by atoms with Crippen LogP contribution in [0.15, 0.2) is 42.5 Å². The van der Waals surface area contributed by atoms with E-state index in [4.69, 9.17) is 19.8 Å². The average molecular weight is 374 g/mol. The Hall–Kier alpha value is -2.95. The van der Waals surface area contributed by atoms with Crippen LogP contribution in [0.25, 0.3) is 0 Å². The maximum Gasteiger partial charge on any atom is 0.337 e. The normalized spacial score (nSPS) is 10.3. The number of hydrogen-bond acceptors (Lipinski definition) is 5. The molecule has 7 nitrogen and oxygen atoms in total. The highest BCUT2D eigenvalue weighted by atomic mass is 16.5. The molecule has 1 rings (SSSR count). The molecule has 0 unspecified atom stereocenters. The summed E-state index contributed by atoms with van der Waals surface area (Å²) in [5, 5.41) is 20.2. The molecule has 0 aromatic heterocycles. The summed E-state index contributed by atoms with van der Waals surface area (Å²) in [6, 6.07) is 5.88. The zero-order valence-corrected chi connectivity index (χ0v) is 15.9. The van der Waals surface area contributed by atoms with Gasteiger partial charge in [-0.05, 0) is 39.0 Å². The van der Waals surface area contributed by atoms with E-state index in [1.807, 2.05) is 39.0 Å². The van der Waals surface area contributed by atoms with Crippen LogP contribution in [0.4, 0.5) is 5.69 Å². The molecule has 1 aromatic rings. The van der Waals surface area contributed by atoms with Gasteiger partial charge in [0.2, 0.25) is 5.91 Å². The number of carboxylic acids is 1. The van der Waals surface area contributed by atoms with Crippen molar-refractivity contribution in [3.8, 4) is 6.07 Å². The van der Waals surface area contributed by atoms with Crippen LogP contribution in [0.3, 0.4) is 0 Å². The Morgan fingerprint density at radius 3 is 2.33 bits per heavy atom. The van der Waals surface area contributed by atoms with Crippen molar-refractivity contribution in [2.45, 2.75) is 20.8 Å². The van der Waals surface area contributed by atoms with Gasteiger partial charge in [-0.15, -0.1) is 0 Å². The summed E-state index contributed by atoms with van der Waals surface area (Å²) in [6.07, 6.45) is 6.77. The lowest BCUT2D eigenvalue weighted by atomic mass is 10.1. The molecule has 0 atom stereocenters. The molecule has 0 saturated heterocycles. The lowest BCUT2D eigenvalue weighted by Gasteiger charge is -2.06. The fourth-order valence-corrected chi connectivity index (χ4v) is 1.70. The fourth-order valence-electron chi connectivity index (χ4n) is 1.70. The molecule has 1 aromatic carbocycles. The maximum absolute atomic E-state index is 11.6. The second kappa shape index (κ2) is 15.3. The number of nitrogens with zero attached hydrogens (tertiary/aromatic N) is 1. The number of amides is 1. The predicted octanol–water partition coefficient (Wildman–Crippen LogP) is 3.39. The Bertz CT molecular complexity index is 690. The van der Waals surface area contributed by atoms with E-state index in [2.05, 4.69) is 5.32 Å². The monoisotopic (exact) mass is 374 g/mol. The molecule has 7 heteroatoms. The summed E-state index contributed by atoms with van der Waals surface area (Å²) in [6.45, 7) is 8.23. The van der Waals surface area contributed by atoms with Gasteiger partial charge in [0.1, 0.15) is 0 Å². The third-order valence-corrected chi connectivity index (χ3v) is 2.98. The van der Waals surface area contributed by atoms with E-state index >= 15 is 0 Å². The SMILES string of the molecule is C/C=C\COCC.CCOC/C=C/C(=O)Nc1ccc(C#N)cc1C(=O)O. The Morgan fingerprint density at radius 2 is 1.81 bits per heavy atom. The van der Waals surface area contributed by atoms with Gasteiger partial charge in [-0.1, -0.05) is 18.2 Å². The summed E-state index contributed by atoms with van der Waals surface area (Å²) in [7, 11) is 0. The fraction of sp³-hybridized carbons (Fsp3) is 0.350. The summed E-state index contributed by atoms with van der Waals surface area (Å²) >= 11 is 0. The standard InChI is InChI=1S/C14H14N2O4.C6H12O/c1-2-20-7-3-4-13(17)16-12-6-5-10(9-15)8-11(12)14(18)19;1-3-5-6-7-4-2/h3-6,8H,2,7H2,1H3,(H,16,17)(H,18,19);3,5H,4,6H2,1-2H3/b4-3+;5-3-. The Morgan fingerprint density at radius 1 is 1.19 bits per heavy atom. The number of carbonyl (C=O) groups excluding carboxylic acids is 1. The van der Waals surface area contributed by atoms with E-state index in [1.165, 1.54) is 30.4 Å². The van der Waals surface area contributed by atoms with Crippen LogP contribution in [0.2, 0.25) is 0 Å². The van der Waals surface area contributed by atoms with Crippen LogP contribution < -0.4 is 5.32 Å². The molecular formula is C20H26N2O5. The van der Waals surface area contributed by atoms with E-state index in [1.54, 1.807) is 0 Å². The molecule has 0 radical (unpaired) electrons. The number of nitriles is 1. The first-order chi connectivity index (χ1) is 13.0. The van der Waals surface area contributed by atoms with Crippen LogP contribution in [0.1, 0.15) is 36.7 Å². The lowest BCUT2D eigenvalue weighted by molar-refractivity contribution is -0.111. The highest BCUT2D eigenvalue weighted by Crippen LogP contribution is 2.17. The van der Waals surface area contributed by atoms with Crippen LogP contribution in [-0.2, 0) is 14.3 Å². The van der Waals surface area contributed by atoms with Gasteiger partial charge in [-0.25, -0.2) is 4.79 Å². The third-order valence-electron chi connectivity index (χ3n) is 2.98. The molecule has 0 aliphatic rings. The first-order valence-corrected chi connectivity index (χ1v) is 8.51. The first-order valence-electron chi connectivity index (χ1n) is 8.51. The van der Waals surface area contributed by atoms with Gasteiger partial charge in [-0.2, -0.15) is 5.26 Å². The molecule has 0 aliphatic carbocycles. The van der Waals surface area contributed by atoms with Gasteiger partial charge < -0.3 is 19.9 Å². The van der Waals surface area contributed by atoms with E-state index in [0.717, 1.165) is 13.2 Å². The molecular weight excluding hydrogens is 348 g/mol. The van der Waals surface area contributed by atoms with Gasteiger partial charge in [0.25, 0.3) is 0 Å². The number of rotatable bonds is 9. The number of benzene rings is 1. The molecule has 27 heavy (non-hydrogen) atoms. The molecule has 0 saturated carbocycles. The van der Waals surface area contributed by atoms with Crippen molar-refractivity contribution in [1.82, 2.24) is 0 Å². The molecule has 2 N–H and O–H groups in total. The molecule has 0 spiro atoms. The predicted molar refractivity (Wildman–Crippen MR) is 104 cm³/mol. The minimum Gasteiger partial charge on any atom is -0.478 e. The van der Waals surface area contributed by atoms with Crippen LogP contribution in [0.5, 0.6) is 0 Å². The van der Waals surface area contributed by atoms with Crippen LogP contribution in [0, 0.1) is 11.3 Å². The lowest BCUT2D eigenvalue weighted by Crippen LogP contribution is -2.12. The number of aromatic carboxylic acids is 1. The maximum atomic E-state index is 11.6. The summed E-state index contributed by atoms with van der Waals surface area (Å²) in [4.78, 5) is 22.7.